The van der Waals surface area contributed by atoms with Crippen molar-refractivity contribution in [2.24, 2.45) is 0 Å². The molecule has 0 aromatic carbocycles. The SMILES string of the molecule is [Pb].[S]=[Fe].[Sb]. The Balaban J connectivity index is -0.00000000500. The Kier molecular flexibility index (Phi) is 71.8. The average Bonchev–Trinajstić information content (AvgIpc) is 1.00. The first-order valence-corrected chi connectivity index (χ1v) is 1.79. The van der Waals surface area contributed by atoms with Crippen LogP contribution in [0.3, 0.4) is 0 Å². The van der Waals surface area contributed by atoms with E-state index in [9.17, 15) is 0 Å². The van der Waals surface area contributed by atoms with Crippen LogP contribution in [0.2, 0.25) is 0 Å². The Morgan fingerprint density at radius 2 is 1.25 bits per heavy atom. The molecule has 0 aliphatic carbocycles. The number of rotatable bonds is 0. The molecule has 7 radical (unpaired) electrons. The van der Waals surface area contributed by atoms with Crippen LogP contribution >= 0.6 is 10.6 Å². The zero-order chi connectivity index (χ0) is 2.00. The van der Waals surface area contributed by atoms with Gasteiger partial charge < -0.3 is 0 Å². The Bertz CT molecular complexity index is 8.00. The quantitative estimate of drug-likeness (QED) is 0.496. The van der Waals surface area contributed by atoms with Gasteiger partial charge in [-0.25, -0.2) is 0 Å². The largest absolute Gasteiger partial charge is 0 e. The summed E-state index contributed by atoms with van der Waals surface area (Å²) in [5, 5.41) is 0. The monoisotopic (exact) mass is 417 g/mol. The third-order valence-electron chi connectivity index (χ3n) is 0. The van der Waals surface area contributed by atoms with Crippen LogP contribution in [-0.4, -0.2) is 51.7 Å². The molecular formula is FePbSSb. The molecule has 0 nitrogen and oxygen atoms in total. The third kappa shape index (κ3) is 8.82. The summed E-state index contributed by atoms with van der Waals surface area (Å²) < 4.78 is 0. The Hall–Kier alpha value is 2.48. The minimum atomic E-state index is 0. The second-order valence-electron chi connectivity index (χ2n) is 0. The molecule has 0 heterocycles. The fourth-order valence-electron chi connectivity index (χ4n) is 0. The average molecular weight is 417 g/mol. The molecule has 0 unspecified atom stereocenters. The van der Waals surface area contributed by atoms with Gasteiger partial charge in [-0.1, -0.05) is 0 Å². The molecule has 23 valence electrons. The van der Waals surface area contributed by atoms with E-state index in [4.69, 9.17) is 0 Å². The summed E-state index contributed by atoms with van der Waals surface area (Å²) in [5.41, 5.74) is 0. The van der Waals surface area contributed by atoms with Crippen molar-refractivity contribution in [1.29, 1.82) is 0 Å². The molecule has 0 saturated heterocycles. The van der Waals surface area contributed by atoms with Crippen LogP contribution in [0.15, 0.2) is 0 Å². The van der Waals surface area contributed by atoms with Crippen molar-refractivity contribution in [2.45, 2.75) is 0 Å². The molecule has 0 aromatic heterocycles. The molecule has 0 saturated carbocycles. The van der Waals surface area contributed by atoms with Crippen molar-refractivity contribution in [3.63, 3.8) is 0 Å². The Morgan fingerprint density at radius 1 is 1.25 bits per heavy atom. The van der Waals surface area contributed by atoms with Crippen LogP contribution in [0.1, 0.15) is 0 Å². The van der Waals surface area contributed by atoms with E-state index in [2.05, 4.69) is 24.9 Å². The van der Waals surface area contributed by atoms with E-state index in [0.29, 0.717) is 0 Å². The fraction of sp³-hybridized carbons (Fsp3) is 0. The van der Waals surface area contributed by atoms with Crippen molar-refractivity contribution < 1.29 is 14.4 Å². The topological polar surface area (TPSA) is 0 Å². The van der Waals surface area contributed by atoms with E-state index >= 15 is 0 Å². The van der Waals surface area contributed by atoms with Crippen molar-refractivity contribution in [3.8, 4) is 0 Å². The summed E-state index contributed by atoms with van der Waals surface area (Å²) >= 11 is 2.83. The molecule has 0 aliphatic heterocycles. The molecule has 0 fully saturated rings. The molecule has 0 atom stereocenters. The van der Waals surface area contributed by atoms with Gasteiger partial charge in [0.1, 0.15) is 0 Å². The van der Waals surface area contributed by atoms with E-state index in [1.807, 2.05) is 0 Å². The summed E-state index contributed by atoms with van der Waals surface area (Å²) in [6.07, 6.45) is 0. The molecule has 0 rings (SSSR count). The summed E-state index contributed by atoms with van der Waals surface area (Å²) in [7, 11) is 3.83. The van der Waals surface area contributed by atoms with E-state index in [0.717, 1.165) is 0 Å². The van der Waals surface area contributed by atoms with Gasteiger partial charge in [-0.05, 0) is 0 Å². The second-order valence-corrected chi connectivity index (χ2v) is 0. The Morgan fingerprint density at radius 3 is 1.25 bits per heavy atom. The summed E-state index contributed by atoms with van der Waals surface area (Å²) in [4.78, 5) is 0. The molecule has 0 bridgehead atoms. The molecule has 4 heavy (non-hydrogen) atoms. The zero-order valence-corrected chi connectivity index (χ0v) is 10.1. The van der Waals surface area contributed by atoms with E-state index in [1.54, 1.807) is 0 Å². The summed E-state index contributed by atoms with van der Waals surface area (Å²) in [5.74, 6) is 0. The maximum Gasteiger partial charge on any atom is 0 e. The minimum absolute atomic E-state index is 0. The van der Waals surface area contributed by atoms with E-state index < -0.39 is 0 Å². The zero-order valence-electron chi connectivity index (χ0n) is 1.71. The van der Waals surface area contributed by atoms with Crippen LogP contribution in [0, 0.1) is 0 Å². The molecule has 0 amide bonds. The number of hydrogen-bond donors (Lipinski definition) is 0. The third-order valence-corrected chi connectivity index (χ3v) is 0. The van der Waals surface area contributed by atoms with Crippen molar-refractivity contribution in [2.75, 3.05) is 0 Å². The van der Waals surface area contributed by atoms with Gasteiger partial charge in [0.25, 0.3) is 0 Å². The maximum absolute atomic E-state index is 3.83. The van der Waals surface area contributed by atoms with Crippen LogP contribution in [-0.2, 0) is 14.4 Å². The Labute approximate surface area is 75.4 Å². The second kappa shape index (κ2) is 17.9. The smallest absolute Gasteiger partial charge is 0 e. The summed E-state index contributed by atoms with van der Waals surface area (Å²) in [6.45, 7) is 0. The maximum atomic E-state index is 3.83. The fourth-order valence-corrected chi connectivity index (χ4v) is 0. The molecule has 0 spiro atoms. The normalized spacial score (nSPS) is 1.25. The van der Waals surface area contributed by atoms with Crippen LogP contribution in [0.25, 0.3) is 0 Å². The predicted octanol–water partition coefficient (Wildman–Crippen LogP) is -0.116. The predicted molar refractivity (Wildman–Crippen MR) is 19.1 cm³/mol. The first-order chi connectivity index (χ1) is 1.00. The van der Waals surface area contributed by atoms with Gasteiger partial charge in [-0.15, -0.1) is 0 Å². The van der Waals surface area contributed by atoms with Crippen LogP contribution in [0.5, 0.6) is 0 Å². The van der Waals surface area contributed by atoms with Crippen LogP contribution < -0.4 is 0 Å². The van der Waals surface area contributed by atoms with Gasteiger partial charge in [0.15, 0.2) is 0 Å². The molecule has 0 N–H and O–H groups in total. The molecule has 4 heteroatoms. The van der Waals surface area contributed by atoms with Gasteiger partial charge in [0.05, 0.1) is 0 Å². The van der Waals surface area contributed by atoms with Crippen LogP contribution in [0.4, 0.5) is 0 Å². The van der Waals surface area contributed by atoms with E-state index in [-0.39, 0.29) is 51.7 Å². The van der Waals surface area contributed by atoms with Crippen molar-refractivity contribution in [1.82, 2.24) is 0 Å². The standard InChI is InChI=1S/Fe.Pb.S.Sb. The van der Waals surface area contributed by atoms with Gasteiger partial charge >= 0.3 is 24.9 Å². The summed E-state index contributed by atoms with van der Waals surface area (Å²) in [6, 6.07) is 0. The first kappa shape index (κ1) is 16.1. The molecular weight excluding hydrogens is 417 g/mol. The van der Waals surface area contributed by atoms with Crippen molar-refractivity contribution in [3.05, 3.63) is 0 Å². The van der Waals surface area contributed by atoms with Crippen molar-refractivity contribution >= 4 is 62.3 Å². The van der Waals surface area contributed by atoms with Gasteiger partial charge in [-0.3, -0.25) is 0 Å². The van der Waals surface area contributed by atoms with E-state index in [1.165, 1.54) is 0 Å². The van der Waals surface area contributed by atoms with Gasteiger partial charge in [0.2, 0.25) is 0 Å². The van der Waals surface area contributed by atoms with Gasteiger partial charge in [-0.2, -0.15) is 0 Å². The molecule has 0 aromatic rings. The molecule has 0 aliphatic rings. The number of hydrogen-bond acceptors (Lipinski definition) is 1. The van der Waals surface area contributed by atoms with Gasteiger partial charge in [0, 0.05) is 51.7 Å². The minimum Gasteiger partial charge on any atom is 0 e. The first-order valence-electron chi connectivity index (χ1n) is 0.144.